The number of nitrogens with zero attached hydrogens (tertiary/aromatic N) is 2. The Labute approximate surface area is 139 Å². The van der Waals surface area contributed by atoms with Gasteiger partial charge in [-0.1, -0.05) is 24.3 Å². The summed E-state index contributed by atoms with van der Waals surface area (Å²) in [4.78, 5) is 16.5. The van der Waals surface area contributed by atoms with Crippen molar-refractivity contribution in [1.82, 2.24) is 9.80 Å². The highest BCUT2D eigenvalue weighted by Crippen LogP contribution is 2.22. The van der Waals surface area contributed by atoms with Crippen LogP contribution in [0.2, 0.25) is 0 Å². The van der Waals surface area contributed by atoms with Crippen molar-refractivity contribution in [2.75, 3.05) is 39.9 Å². The van der Waals surface area contributed by atoms with Crippen molar-refractivity contribution >= 4 is 5.91 Å². The van der Waals surface area contributed by atoms with Crippen molar-refractivity contribution in [3.8, 4) is 0 Å². The van der Waals surface area contributed by atoms with E-state index in [2.05, 4.69) is 29.2 Å². The van der Waals surface area contributed by atoms with Gasteiger partial charge in [-0.25, -0.2) is 0 Å². The SMILES string of the molecule is COCCN1C[C@H](Cc2ccc(CN3CCCC3)cc2)CC1=O. The number of rotatable bonds is 7. The summed E-state index contributed by atoms with van der Waals surface area (Å²) in [6.45, 7) is 5.78. The molecule has 0 unspecified atom stereocenters. The monoisotopic (exact) mass is 316 g/mol. The molecule has 0 bridgehead atoms. The molecule has 1 amide bonds. The predicted molar refractivity (Wildman–Crippen MR) is 91.2 cm³/mol. The lowest BCUT2D eigenvalue weighted by atomic mass is 9.98. The number of likely N-dealkylation sites (tertiary alicyclic amines) is 2. The van der Waals surface area contributed by atoms with Gasteiger partial charge in [0.15, 0.2) is 0 Å². The minimum absolute atomic E-state index is 0.276. The number of amides is 1. The van der Waals surface area contributed by atoms with Gasteiger partial charge < -0.3 is 9.64 Å². The van der Waals surface area contributed by atoms with Gasteiger partial charge in [0.05, 0.1) is 6.61 Å². The number of methoxy groups -OCH3 is 1. The van der Waals surface area contributed by atoms with Gasteiger partial charge >= 0.3 is 0 Å². The van der Waals surface area contributed by atoms with Crippen molar-refractivity contribution in [3.63, 3.8) is 0 Å². The molecule has 0 aromatic heterocycles. The van der Waals surface area contributed by atoms with E-state index in [0.29, 0.717) is 18.9 Å². The molecule has 2 fully saturated rings. The fraction of sp³-hybridized carbons (Fsp3) is 0.632. The largest absolute Gasteiger partial charge is 0.383 e. The van der Waals surface area contributed by atoms with Gasteiger partial charge in [0.2, 0.25) is 5.91 Å². The van der Waals surface area contributed by atoms with E-state index in [1.165, 1.54) is 37.1 Å². The number of hydrogen-bond donors (Lipinski definition) is 0. The van der Waals surface area contributed by atoms with Crippen LogP contribution in [-0.2, 0) is 22.5 Å². The first-order valence-electron chi connectivity index (χ1n) is 8.81. The highest BCUT2D eigenvalue weighted by atomic mass is 16.5. The topological polar surface area (TPSA) is 32.8 Å². The Balaban J connectivity index is 1.49. The highest BCUT2D eigenvalue weighted by molar-refractivity contribution is 5.78. The van der Waals surface area contributed by atoms with Crippen LogP contribution in [0.15, 0.2) is 24.3 Å². The van der Waals surface area contributed by atoms with Gasteiger partial charge in [0.1, 0.15) is 0 Å². The van der Waals surface area contributed by atoms with E-state index in [9.17, 15) is 4.79 Å². The molecule has 0 radical (unpaired) electrons. The van der Waals surface area contributed by atoms with E-state index in [-0.39, 0.29) is 5.91 Å². The van der Waals surface area contributed by atoms with Crippen LogP contribution in [-0.4, -0.2) is 55.6 Å². The Bertz CT molecular complexity index is 509. The van der Waals surface area contributed by atoms with Crippen LogP contribution in [0.1, 0.15) is 30.4 Å². The van der Waals surface area contributed by atoms with Gasteiger partial charge in [0.25, 0.3) is 0 Å². The molecule has 126 valence electrons. The summed E-state index contributed by atoms with van der Waals surface area (Å²) in [6, 6.07) is 9.00. The quantitative estimate of drug-likeness (QED) is 0.774. The molecule has 3 rings (SSSR count). The second-order valence-corrected chi connectivity index (χ2v) is 6.91. The summed E-state index contributed by atoms with van der Waals surface area (Å²) in [5.41, 5.74) is 2.75. The summed E-state index contributed by atoms with van der Waals surface area (Å²) >= 11 is 0. The fourth-order valence-corrected chi connectivity index (χ4v) is 3.72. The number of carbonyl (C=O) groups excluding carboxylic acids is 1. The average molecular weight is 316 g/mol. The Morgan fingerprint density at radius 3 is 2.52 bits per heavy atom. The number of hydrogen-bond acceptors (Lipinski definition) is 3. The van der Waals surface area contributed by atoms with Crippen molar-refractivity contribution in [3.05, 3.63) is 35.4 Å². The zero-order chi connectivity index (χ0) is 16.1. The minimum atomic E-state index is 0.276. The Hall–Kier alpha value is -1.39. The molecule has 1 atom stereocenters. The third-order valence-electron chi connectivity index (χ3n) is 5.01. The van der Waals surface area contributed by atoms with Crippen LogP contribution < -0.4 is 0 Å². The van der Waals surface area contributed by atoms with Crippen molar-refractivity contribution < 1.29 is 9.53 Å². The van der Waals surface area contributed by atoms with Crippen molar-refractivity contribution in [1.29, 1.82) is 0 Å². The van der Waals surface area contributed by atoms with Crippen LogP contribution in [0, 0.1) is 5.92 Å². The maximum Gasteiger partial charge on any atom is 0.223 e. The Kier molecular flexibility index (Phi) is 5.68. The zero-order valence-electron chi connectivity index (χ0n) is 14.2. The predicted octanol–water partition coefficient (Wildman–Crippen LogP) is 2.32. The maximum atomic E-state index is 12.0. The molecule has 2 aliphatic heterocycles. The molecule has 1 aromatic rings. The van der Waals surface area contributed by atoms with Gasteiger partial charge in [0, 0.05) is 33.2 Å². The van der Waals surface area contributed by atoms with Crippen LogP contribution >= 0.6 is 0 Å². The Morgan fingerprint density at radius 2 is 1.83 bits per heavy atom. The summed E-state index contributed by atoms with van der Waals surface area (Å²) in [6.07, 6.45) is 4.36. The smallest absolute Gasteiger partial charge is 0.223 e. The minimum Gasteiger partial charge on any atom is -0.383 e. The first-order valence-corrected chi connectivity index (χ1v) is 8.81. The first kappa shape index (κ1) is 16.5. The summed E-state index contributed by atoms with van der Waals surface area (Å²) in [5.74, 6) is 0.724. The van der Waals surface area contributed by atoms with Crippen LogP contribution in [0.3, 0.4) is 0 Å². The molecule has 4 heteroatoms. The third kappa shape index (κ3) is 4.55. The van der Waals surface area contributed by atoms with E-state index in [0.717, 1.165) is 26.1 Å². The first-order chi connectivity index (χ1) is 11.2. The average Bonchev–Trinajstić information content (AvgIpc) is 3.17. The van der Waals surface area contributed by atoms with Gasteiger partial charge in [-0.3, -0.25) is 9.69 Å². The number of ether oxygens (including phenoxy) is 1. The van der Waals surface area contributed by atoms with E-state index < -0.39 is 0 Å². The molecule has 0 spiro atoms. The molecular weight excluding hydrogens is 288 g/mol. The van der Waals surface area contributed by atoms with Crippen LogP contribution in [0.5, 0.6) is 0 Å². The van der Waals surface area contributed by atoms with Gasteiger partial charge in [-0.15, -0.1) is 0 Å². The standard InChI is InChI=1S/C19H28N2O2/c1-23-11-10-21-15-18(13-19(21)22)12-16-4-6-17(7-5-16)14-20-8-2-3-9-20/h4-7,18H,2-3,8-15H2,1H3/t18-/m1/s1. The number of benzene rings is 1. The summed E-state index contributed by atoms with van der Waals surface area (Å²) in [5, 5.41) is 0. The van der Waals surface area contributed by atoms with Crippen LogP contribution in [0.4, 0.5) is 0 Å². The van der Waals surface area contributed by atoms with E-state index in [1.54, 1.807) is 7.11 Å². The molecule has 0 N–H and O–H groups in total. The lowest BCUT2D eigenvalue weighted by Crippen LogP contribution is -2.28. The molecule has 0 aliphatic carbocycles. The zero-order valence-corrected chi connectivity index (χ0v) is 14.2. The van der Waals surface area contributed by atoms with E-state index >= 15 is 0 Å². The lowest BCUT2D eigenvalue weighted by Gasteiger charge is -2.16. The third-order valence-corrected chi connectivity index (χ3v) is 5.01. The second-order valence-electron chi connectivity index (χ2n) is 6.91. The molecule has 2 saturated heterocycles. The summed E-state index contributed by atoms with van der Waals surface area (Å²) < 4.78 is 5.08. The van der Waals surface area contributed by atoms with E-state index in [1.807, 2.05) is 4.90 Å². The molecule has 0 saturated carbocycles. The normalized spacial score (nSPS) is 22.2. The molecular formula is C19H28N2O2. The molecule has 1 aromatic carbocycles. The van der Waals surface area contributed by atoms with Crippen molar-refractivity contribution in [2.24, 2.45) is 5.92 Å². The van der Waals surface area contributed by atoms with Gasteiger partial charge in [-0.05, 0) is 49.4 Å². The maximum absolute atomic E-state index is 12.0. The highest BCUT2D eigenvalue weighted by Gasteiger charge is 2.29. The van der Waals surface area contributed by atoms with Crippen molar-refractivity contribution in [2.45, 2.75) is 32.2 Å². The summed E-state index contributed by atoms with van der Waals surface area (Å²) in [7, 11) is 1.68. The lowest BCUT2D eigenvalue weighted by molar-refractivity contribution is -0.128. The molecule has 2 aliphatic rings. The second kappa shape index (κ2) is 7.93. The van der Waals surface area contributed by atoms with Crippen LogP contribution in [0.25, 0.3) is 0 Å². The Morgan fingerprint density at radius 1 is 1.13 bits per heavy atom. The van der Waals surface area contributed by atoms with Gasteiger partial charge in [-0.2, -0.15) is 0 Å². The molecule has 2 heterocycles. The number of carbonyl (C=O) groups is 1. The van der Waals surface area contributed by atoms with E-state index in [4.69, 9.17) is 4.74 Å². The fourth-order valence-electron chi connectivity index (χ4n) is 3.72. The molecule has 23 heavy (non-hydrogen) atoms. The molecule has 4 nitrogen and oxygen atoms in total.